The van der Waals surface area contributed by atoms with E-state index >= 15 is 0 Å². The first-order valence-electron chi connectivity index (χ1n) is 15.3. The number of nitrogens with zero attached hydrogens (tertiary/aromatic N) is 4. The molecule has 0 radical (unpaired) electrons. The summed E-state index contributed by atoms with van der Waals surface area (Å²) in [5.41, 5.74) is -3.66. The van der Waals surface area contributed by atoms with Crippen molar-refractivity contribution in [1.82, 2.24) is 9.91 Å². The van der Waals surface area contributed by atoms with E-state index in [1.807, 2.05) is 0 Å². The number of carbonyl (C=O) groups excluding carboxylic acids is 2. The predicted octanol–water partition coefficient (Wildman–Crippen LogP) is 6.85. The molecule has 276 valence electrons. The van der Waals surface area contributed by atoms with Crippen molar-refractivity contribution in [3.63, 3.8) is 0 Å². The summed E-state index contributed by atoms with van der Waals surface area (Å²) in [6, 6.07) is 7.40. The number of likely N-dealkylation sites (tertiary alicyclic amines) is 1. The molecule has 0 spiro atoms. The molecule has 2 aromatic carbocycles. The van der Waals surface area contributed by atoms with Crippen LogP contribution in [-0.4, -0.2) is 85.4 Å². The van der Waals surface area contributed by atoms with Gasteiger partial charge in [0.05, 0.1) is 22.9 Å². The lowest BCUT2D eigenvalue weighted by Gasteiger charge is -2.31. The van der Waals surface area contributed by atoms with Crippen LogP contribution in [0.3, 0.4) is 0 Å². The zero-order valence-electron chi connectivity index (χ0n) is 28.4. The Kier molecular flexibility index (Phi) is 12.7. The van der Waals surface area contributed by atoms with Gasteiger partial charge in [-0.3, -0.25) is 9.10 Å². The first-order chi connectivity index (χ1) is 23.0. The van der Waals surface area contributed by atoms with Crippen LogP contribution < -0.4 is 9.04 Å². The van der Waals surface area contributed by atoms with Gasteiger partial charge in [0.2, 0.25) is 0 Å². The van der Waals surface area contributed by atoms with Crippen LogP contribution in [-0.2, 0) is 30.5 Å². The van der Waals surface area contributed by atoms with Crippen molar-refractivity contribution in [3.8, 4) is 5.75 Å². The summed E-state index contributed by atoms with van der Waals surface area (Å²) < 4.78 is 85.4. The molecular formula is C32H40ClF3N4O9S. The Morgan fingerprint density at radius 2 is 1.54 bits per heavy atom. The Morgan fingerprint density at radius 3 is 2.04 bits per heavy atom. The summed E-state index contributed by atoms with van der Waals surface area (Å²) >= 11 is 6.05. The maximum Gasteiger partial charge on any atom is 0.441 e. The minimum Gasteiger partial charge on any atom is -0.493 e. The standard InChI is InChI=1S/C32H40ClF3N4O9S/c1-30(2,3)48-28(43)40(29(44)49-31(4,5)6)37-20-38-13-11-21(12-14-38)19-47-24-16-22(32(34,35)36)15-23(17-24)39(18-27(41)42)50(45,46)26-10-8-7-9-25(26)33/h7-10,15-17,20-21H,11-14,18-19H2,1-6H3,(H,41,42). The number of hydrazone groups is 1. The molecule has 0 atom stereocenters. The predicted molar refractivity (Wildman–Crippen MR) is 178 cm³/mol. The van der Waals surface area contributed by atoms with E-state index in [2.05, 4.69) is 5.10 Å². The van der Waals surface area contributed by atoms with Crippen LogP contribution in [0.15, 0.2) is 52.5 Å². The number of amides is 2. The SMILES string of the molecule is CC(C)(C)OC(=O)N(N=CN1CCC(COc2cc(N(CC(=O)O)S(=O)(=O)c3ccccc3Cl)cc(C(F)(F)F)c2)CC1)C(=O)OC(C)(C)C. The van der Waals surface area contributed by atoms with E-state index in [0.29, 0.717) is 47.4 Å². The number of carboxylic acids is 1. The number of benzene rings is 2. The van der Waals surface area contributed by atoms with E-state index in [4.69, 9.17) is 25.8 Å². The van der Waals surface area contributed by atoms with Gasteiger partial charge in [0.15, 0.2) is 0 Å². The average molecular weight is 749 g/mol. The molecule has 1 saturated heterocycles. The molecule has 1 aliphatic rings. The van der Waals surface area contributed by atoms with Crippen molar-refractivity contribution in [2.45, 2.75) is 76.7 Å². The highest BCUT2D eigenvalue weighted by Gasteiger charge is 2.36. The summed E-state index contributed by atoms with van der Waals surface area (Å²) in [4.78, 5) is 38.3. The molecule has 0 aromatic heterocycles. The van der Waals surface area contributed by atoms with Gasteiger partial charge < -0.3 is 24.2 Å². The Morgan fingerprint density at radius 1 is 0.980 bits per heavy atom. The molecule has 0 unspecified atom stereocenters. The lowest BCUT2D eigenvalue weighted by molar-refractivity contribution is -0.137. The van der Waals surface area contributed by atoms with Gasteiger partial charge >= 0.3 is 24.3 Å². The van der Waals surface area contributed by atoms with E-state index in [9.17, 15) is 41.1 Å². The largest absolute Gasteiger partial charge is 0.493 e. The Hall–Kier alpha value is -4.25. The topological polar surface area (TPSA) is 155 Å². The van der Waals surface area contributed by atoms with Crippen molar-refractivity contribution < 1.29 is 55.3 Å². The van der Waals surface area contributed by atoms with Gasteiger partial charge in [-0.1, -0.05) is 28.7 Å². The van der Waals surface area contributed by atoms with Crippen LogP contribution in [0.5, 0.6) is 5.75 Å². The number of ether oxygens (including phenoxy) is 3. The number of alkyl halides is 3. The normalized spacial score (nSPS) is 14.7. The molecule has 1 aliphatic heterocycles. The second-order valence-corrected chi connectivity index (χ2v) is 15.6. The molecular weight excluding hydrogens is 709 g/mol. The van der Waals surface area contributed by atoms with Crippen LogP contribution in [0, 0.1) is 5.92 Å². The number of aliphatic carboxylic acids is 1. The minimum absolute atomic E-state index is 0.0517. The number of carbonyl (C=O) groups is 3. The molecule has 1 heterocycles. The second-order valence-electron chi connectivity index (χ2n) is 13.3. The quantitative estimate of drug-likeness (QED) is 0.155. The maximum absolute atomic E-state index is 13.9. The Balaban J connectivity index is 1.78. The third-order valence-electron chi connectivity index (χ3n) is 6.79. The van der Waals surface area contributed by atoms with Crippen molar-refractivity contribution in [3.05, 3.63) is 53.1 Å². The molecule has 1 fully saturated rings. The highest BCUT2D eigenvalue weighted by molar-refractivity contribution is 7.93. The summed E-state index contributed by atoms with van der Waals surface area (Å²) in [6.07, 6.45) is -4.75. The first-order valence-corrected chi connectivity index (χ1v) is 17.2. The lowest BCUT2D eigenvalue weighted by Crippen LogP contribution is -2.42. The van der Waals surface area contributed by atoms with E-state index < -0.39 is 68.2 Å². The number of hydrogen-bond donors (Lipinski definition) is 1. The van der Waals surface area contributed by atoms with Crippen molar-refractivity contribution in [2.75, 3.05) is 30.5 Å². The molecule has 0 bridgehead atoms. The van der Waals surface area contributed by atoms with Crippen LogP contribution in [0.2, 0.25) is 5.02 Å². The number of hydrogen-bond acceptors (Lipinski definition) is 9. The molecule has 50 heavy (non-hydrogen) atoms. The van der Waals surface area contributed by atoms with E-state index in [0.717, 1.165) is 12.1 Å². The second kappa shape index (κ2) is 15.7. The van der Waals surface area contributed by atoms with Crippen LogP contribution in [0.1, 0.15) is 59.9 Å². The van der Waals surface area contributed by atoms with Gasteiger partial charge in [0.1, 0.15) is 34.7 Å². The highest BCUT2D eigenvalue weighted by atomic mass is 35.5. The third kappa shape index (κ3) is 11.7. The summed E-state index contributed by atoms with van der Waals surface area (Å²) in [7, 11) is -4.72. The molecule has 3 rings (SSSR count). The van der Waals surface area contributed by atoms with Gasteiger partial charge in [0, 0.05) is 19.2 Å². The molecule has 1 N–H and O–H groups in total. The van der Waals surface area contributed by atoms with Crippen molar-refractivity contribution in [2.24, 2.45) is 11.0 Å². The fraction of sp³-hybridized carbons (Fsp3) is 0.500. The Labute approximate surface area is 293 Å². The average Bonchev–Trinajstić information content (AvgIpc) is 2.97. The molecule has 0 aliphatic carbocycles. The minimum atomic E-state index is -4.92. The zero-order chi connectivity index (χ0) is 37.7. The van der Waals surface area contributed by atoms with E-state index in [1.165, 1.54) is 24.5 Å². The maximum atomic E-state index is 13.9. The molecule has 13 nitrogen and oxygen atoms in total. The number of sulfonamides is 1. The summed E-state index contributed by atoms with van der Waals surface area (Å²) in [6.45, 7) is 9.29. The molecule has 2 amide bonds. The monoisotopic (exact) mass is 748 g/mol. The third-order valence-corrected chi connectivity index (χ3v) is 9.06. The first kappa shape index (κ1) is 40.2. The number of carboxylic acid groups (broad SMARTS) is 1. The highest BCUT2D eigenvalue weighted by Crippen LogP contribution is 2.38. The van der Waals surface area contributed by atoms with E-state index in [1.54, 1.807) is 46.4 Å². The fourth-order valence-electron chi connectivity index (χ4n) is 4.54. The Bertz CT molecular complexity index is 1660. The molecule has 18 heteroatoms. The summed E-state index contributed by atoms with van der Waals surface area (Å²) in [5.74, 6) is -2.10. The smallest absolute Gasteiger partial charge is 0.441 e. The number of rotatable bonds is 10. The van der Waals surface area contributed by atoms with Gasteiger partial charge in [-0.2, -0.15) is 13.2 Å². The van der Waals surface area contributed by atoms with Crippen molar-refractivity contribution in [1.29, 1.82) is 0 Å². The van der Waals surface area contributed by atoms with Crippen LogP contribution >= 0.6 is 11.6 Å². The van der Waals surface area contributed by atoms with Crippen LogP contribution in [0.25, 0.3) is 0 Å². The summed E-state index contributed by atoms with van der Waals surface area (Å²) in [5, 5.41) is 13.7. The number of anilines is 1. The number of piperidine rings is 1. The van der Waals surface area contributed by atoms with Gasteiger partial charge in [-0.15, -0.1) is 5.10 Å². The van der Waals surface area contributed by atoms with Crippen molar-refractivity contribution >= 4 is 51.8 Å². The fourth-order valence-corrected chi connectivity index (χ4v) is 6.43. The van der Waals surface area contributed by atoms with E-state index in [-0.39, 0.29) is 23.3 Å². The molecule has 2 aromatic rings. The molecule has 0 saturated carbocycles. The van der Waals surface area contributed by atoms with Gasteiger partial charge in [-0.25, -0.2) is 18.0 Å². The van der Waals surface area contributed by atoms with Gasteiger partial charge in [0.25, 0.3) is 10.0 Å². The van der Waals surface area contributed by atoms with Gasteiger partial charge in [-0.05, 0) is 84.6 Å². The number of imide groups is 1. The number of halogens is 4. The zero-order valence-corrected chi connectivity index (χ0v) is 29.9. The lowest BCUT2D eigenvalue weighted by atomic mass is 9.98. The van der Waals surface area contributed by atoms with Crippen LogP contribution in [0.4, 0.5) is 28.4 Å².